The summed E-state index contributed by atoms with van der Waals surface area (Å²) in [7, 11) is 0. The fourth-order valence-corrected chi connectivity index (χ4v) is 3.77. The lowest BCUT2D eigenvalue weighted by atomic mass is 10.1. The van der Waals surface area contributed by atoms with Gasteiger partial charge < -0.3 is 21.1 Å². The number of nitrogens with one attached hydrogen (secondary N) is 3. The number of rotatable bonds is 7. The molecule has 3 heterocycles. The first-order valence-corrected chi connectivity index (χ1v) is 9.87. The van der Waals surface area contributed by atoms with Crippen molar-refractivity contribution >= 4 is 40.2 Å². The number of pyridine rings is 1. The fraction of sp³-hybridized carbons (Fsp3) is 0.316. The third-order valence-corrected chi connectivity index (χ3v) is 5.48. The van der Waals surface area contributed by atoms with Gasteiger partial charge in [0, 0.05) is 11.3 Å². The van der Waals surface area contributed by atoms with Crippen LogP contribution in [-0.2, 0) is 6.61 Å². The highest BCUT2D eigenvalue weighted by Crippen LogP contribution is 2.39. The van der Waals surface area contributed by atoms with Gasteiger partial charge in [-0.15, -0.1) is 11.8 Å². The van der Waals surface area contributed by atoms with Gasteiger partial charge in [-0.3, -0.25) is 0 Å². The molecule has 1 aliphatic heterocycles. The maximum absolute atomic E-state index is 9.57. The second-order valence-corrected chi connectivity index (χ2v) is 7.65. The summed E-state index contributed by atoms with van der Waals surface area (Å²) in [6, 6.07) is 9.65. The van der Waals surface area contributed by atoms with Crippen LogP contribution in [-0.4, -0.2) is 37.4 Å². The molecule has 2 aromatic heterocycles. The lowest BCUT2D eigenvalue weighted by Gasteiger charge is -2.13. The predicted molar refractivity (Wildman–Crippen MR) is 110 cm³/mol. The van der Waals surface area contributed by atoms with Crippen molar-refractivity contribution in [3.63, 3.8) is 0 Å². The quantitative estimate of drug-likeness (QED) is 0.463. The topological polar surface area (TPSA) is 95.0 Å². The van der Waals surface area contributed by atoms with Gasteiger partial charge in [0.25, 0.3) is 0 Å². The molecule has 4 N–H and O–H groups in total. The minimum atomic E-state index is -0.0383. The lowest BCUT2D eigenvalue weighted by molar-refractivity contribution is 0.282. The van der Waals surface area contributed by atoms with Crippen LogP contribution in [0.4, 0.5) is 17.3 Å². The molecule has 0 aliphatic carbocycles. The summed E-state index contributed by atoms with van der Waals surface area (Å²) in [5, 5.41) is 20.4. The Morgan fingerprint density at radius 2 is 1.96 bits per heavy atom. The molecule has 4 rings (SSSR count). The first kappa shape index (κ1) is 18.0. The maximum Gasteiger partial charge on any atom is 0.182 e. The second-order valence-electron chi connectivity index (χ2n) is 6.37. The Kier molecular flexibility index (Phi) is 5.11. The molecule has 0 spiro atoms. The fourth-order valence-electron chi connectivity index (χ4n) is 2.93. The molecule has 8 heteroatoms. The molecular formula is C19H22N6OS. The van der Waals surface area contributed by atoms with Crippen molar-refractivity contribution in [2.45, 2.75) is 31.2 Å². The zero-order valence-electron chi connectivity index (χ0n) is 15.2. The molecule has 3 aromatic rings. The molecule has 0 radical (unpaired) electrons. The minimum absolute atomic E-state index is 0.0383. The molecule has 1 aliphatic rings. The molecule has 0 saturated carbocycles. The molecule has 1 aromatic carbocycles. The van der Waals surface area contributed by atoms with E-state index in [1.807, 2.05) is 49.0 Å². The van der Waals surface area contributed by atoms with Crippen molar-refractivity contribution in [3.05, 3.63) is 47.7 Å². The number of aliphatic hydroxyl groups is 1. The standard InChI is InChI=1S/C19H22N6OS/c1-3-20-18-19(27-18)25-14-8-7-13-17(23-14)24-15(9-21-13)22-16-11(2)5-4-6-12(16)10-26/h4-9,18-20,26H,3,10H2,1-2H3,(H2,22,23,24,25). The van der Waals surface area contributed by atoms with Crippen molar-refractivity contribution in [2.24, 2.45) is 0 Å². The number of fused-ring (bicyclic) bond motifs is 1. The van der Waals surface area contributed by atoms with Crippen molar-refractivity contribution in [1.29, 1.82) is 0 Å². The zero-order chi connectivity index (χ0) is 18.8. The van der Waals surface area contributed by atoms with E-state index >= 15 is 0 Å². The Morgan fingerprint density at radius 1 is 1.11 bits per heavy atom. The van der Waals surface area contributed by atoms with Crippen LogP contribution >= 0.6 is 11.8 Å². The van der Waals surface area contributed by atoms with Gasteiger partial charge in [-0.1, -0.05) is 25.1 Å². The average Bonchev–Trinajstić information content (AvgIpc) is 3.40. The highest BCUT2D eigenvalue weighted by molar-refractivity contribution is 8.07. The minimum Gasteiger partial charge on any atom is -0.392 e. The van der Waals surface area contributed by atoms with E-state index in [1.165, 1.54) is 0 Å². The van der Waals surface area contributed by atoms with Gasteiger partial charge in [-0.25, -0.2) is 15.0 Å². The second kappa shape index (κ2) is 7.67. The molecule has 0 amide bonds. The normalized spacial score (nSPS) is 18.5. The number of benzene rings is 1. The molecule has 1 fully saturated rings. The van der Waals surface area contributed by atoms with Gasteiger partial charge >= 0.3 is 0 Å². The third-order valence-electron chi connectivity index (χ3n) is 4.38. The van der Waals surface area contributed by atoms with Gasteiger partial charge in [0.1, 0.15) is 16.7 Å². The van der Waals surface area contributed by atoms with E-state index in [0.717, 1.165) is 34.7 Å². The number of hydrogen-bond acceptors (Lipinski definition) is 8. The summed E-state index contributed by atoms with van der Waals surface area (Å²) in [5.74, 6) is 1.39. The predicted octanol–water partition coefficient (Wildman–Crippen LogP) is 2.99. The number of thioether (sulfide) groups is 1. The van der Waals surface area contributed by atoms with Gasteiger partial charge in [0.2, 0.25) is 0 Å². The van der Waals surface area contributed by atoms with Crippen molar-refractivity contribution in [2.75, 3.05) is 17.2 Å². The Balaban J connectivity index is 1.56. The van der Waals surface area contributed by atoms with Crippen molar-refractivity contribution in [1.82, 2.24) is 20.3 Å². The molecule has 7 nitrogen and oxygen atoms in total. The number of aliphatic hydroxyl groups excluding tert-OH is 1. The van der Waals surface area contributed by atoms with E-state index in [1.54, 1.807) is 6.20 Å². The van der Waals surface area contributed by atoms with Crippen molar-refractivity contribution in [3.8, 4) is 0 Å². The van der Waals surface area contributed by atoms with Crippen LogP contribution in [0.25, 0.3) is 11.2 Å². The van der Waals surface area contributed by atoms with Gasteiger partial charge in [0.05, 0.1) is 18.2 Å². The Morgan fingerprint density at radius 3 is 2.78 bits per heavy atom. The summed E-state index contributed by atoms with van der Waals surface area (Å²) in [4.78, 5) is 13.7. The van der Waals surface area contributed by atoms with E-state index in [0.29, 0.717) is 22.2 Å². The van der Waals surface area contributed by atoms with Gasteiger partial charge in [-0.05, 0) is 31.2 Å². The van der Waals surface area contributed by atoms with Crippen LogP contribution in [0.15, 0.2) is 36.5 Å². The lowest BCUT2D eigenvalue weighted by Crippen LogP contribution is -2.22. The third kappa shape index (κ3) is 3.97. The summed E-state index contributed by atoms with van der Waals surface area (Å²) in [6.45, 7) is 5.01. The van der Waals surface area contributed by atoms with E-state index in [2.05, 4.69) is 37.8 Å². The monoisotopic (exact) mass is 382 g/mol. The van der Waals surface area contributed by atoms with Crippen molar-refractivity contribution < 1.29 is 5.11 Å². The molecular weight excluding hydrogens is 360 g/mol. The molecule has 2 unspecified atom stereocenters. The largest absolute Gasteiger partial charge is 0.392 e. The summed E-state index contributed by atoms with van der Waals surface area (Å²) in [6.07, 6.45) is 1.68. The molecule has 2 atom stereocenters. The van der Waals surface area contributed by atoms with Gasteiger partial charge in [0.15, 0.2) is 11.5 Å². The number of para-hydroxylation sites is 1. The molecule has 140 valence electrons. The molecule has 27 heavy (non-hydrogen) atoms. The average molecular weight is 382 g/mol. The number of hydrogen-bond donors (Lipinski definition) is 4. The first-order valence-electron chi connectivity index (χ1n) is 8.93. The number of anilines is 3. The van der Waals surface area contributed by atoms with Crippen LogP contribution in [0.5, 0.6) is 0 Å². The van der Waals surface area contributed by atoms with Gasteiger partial charge in [-0.2, -0.15) is 0 Å². The van der Waals surface area contributed by atoms with E-state index < -0.39 is 0 Å². The SMILES string of the molecule is CCNC1SC1Nc1ccc2ncc(Nc3c(C)cccc3CO)nc2n1. The highest BCUT2D eigenvalue weighted by Gasteiger charge is 2.37. The first-order chi connectivity index (χ1) is 13.2. The number of aryl methyl sites for hydroxylation is 1. The van der Waals surface area contributed by atoms with Crippen LogP contribution in [0.1, 0.15) is 18.1 Å². The summed E-state index contributed by atoms with van der Waals surface area (Å²) >= 11 is 1.84. The zero-order valence-corrected chi connectivity index (χ0v) is 16.0. The van der Waals surface area contributed by atoms with Crippen LogP contribution in [0.3, 0.4) is 0 Å². The maximum atomic E-state index is 9.57. The Labute approximate surface area is 162 Å². The van der Waals surface area contributed by atoms with Crippen LogP contribution in [0.2, 0.25) is 0 Å². The number of likely N-dealkylation sites (N-methyl/N-ethyl adjacent to an activating group) is 1. The smallest absolute Gasteiger partial charge is 0.182 e. The molecule has 0 bridgehead atoms. The number of aromatic nitrogens is 3. The van der Waals surface area contributed by atoms with Crippen LogP contribution < -0.4 is 16.0 Å². The summed E-state index contributed by atoms with van der Waals surface area (Å²) in [5.41, 5.74) is 4.03. The number of nitrogens with zero attached hydrogens (tertiary/aromatic N) is 3. The summed E-state index contributed by atoms with van der Waals surface area (Å²) < 4.78 is 0. The highest BCUT2D eigenvalue weighted by atomic mass is 32.2. The Hall–Kier alpha value is -2.42. The van der Waals surface area contributed by atoms with Crippen LogP contribution in [0, 0.1) is 6.92 Å². The Bertz CT molecular complexity index is 966. The van der Waals surface area contributed by atoms with E-state index in [-0.39, 0.29) is 6.61 Å². The molecule has 1 saturated heterocycles. The van der Waals surface area contributed by atoms with E-state index in [9.17, 15) is 5.11 Å². The van der Waals surface area contributed by atoms with E-state index in [4.69, 9.17) is 0 Å².